The van der Waals surface area contributed by atoms with Crippen LogP contribution in [-0.4, -0.2) is 165 Å². The molecule has 0 aromatic carbocycles. The van der Waals surface area contributed by atoms with Crippen LogP contribution in [0.2, 0.25) is 0 Å². The van der Waals surface area contributed by atoms with E-state index in [2.05, 4.69) is 222 Å². The van der Waals surface area contributed by atoms with Gasteiger partial charge in [0.2, 0.25) is 5.88 Å². The number of nitrogens with one attached hydrogen (secondary N) is 4. The lowest BCUT2D eigenvalue weighted by atomic mass is 9.71. The zero-order chi connectivity index (χ0) is 106. The molecule has 4 aliphatic heterocycles. The molecule has 38 heteroatoms. The molecule has 17 rings (SSSR count). The fourth-order valence-electron chi connectivity index (χ4n) is 22.3. The van der Waals surface area contributed by atoms with Gasteiger partial charge in [-0.1, -0.05) is 133 Å². The molecule has 144 heavy (non-hydrogen) atoms. The second-order valence-corrected chi connectivity index (χ2v) is 53.0. The smallest absolute Gasteiger partial charge is 0.281 e. The standard InChI is InChI=1S/C29H39N5O3S.C23H31N5O4S.C23H33N5O3S.C21H29N5O4S.C10H16/c1-17-15-29(5,6)34(16-17)26-22(27(35)33-38(36,37)24-9-7-8-23(30)31-24)14-21(25(32-26)28(2,3)4)20-13-18-10-11-19(20)12-18;1-14-11-23(2,3)28(12-14)21-16(8-9-18(25-21)17-10-15(17)13-32-4)22(29)27-33(30,31)20-7-5-6-19(24)26-20;1-14-12-23(6,7)28(13-14)20-16(11-15(2)19(26-20)22(3,4)5)21(29)27-32(30,31)18-10-8-9-17(24)25-18;1-13(2)30-17-10-9-15(19(24-17)26-12-14(3)11-21(26,4)5)20(27)25-31(28,29)18-8-6-7-16(22)23-18;1-9(2)8-4-6-10(9,3)7-5-8/h7-9,13-14,17-19H,10-12,15-16H2,1-6H3,(H2,30,31)(H,33,35);5-9,14-15,17H,10-13H2,1-4H3,(H2,24,26)(H,27,29);8-11,14H,12-13H2,1-7H3,(H2,24,25)(H,27,29);6-10,13-14H,11-12H2,1-5H3,(H2,22,23)(H,25,27);4,6,8H,5,7H2,1-3H3/t17-,18?,19?;14-,15?,17?;;14-;/m00.0./s1. The average molecular weight is 2050 g/mol. The summed E-state index contributed by atoms with van der Waals surface area (Å²) in [5, 5.41) is -1.24. The summed E-state index contributed by atoms with van der Waals surface area (Å²) >= 11 is 0. The first kappa shape index (κ1) is 110. The van der Waals surface area contributed by atoms with E-state index < -0.39 is 63.7 Å². The van der Waals surface area contributed by atoms with Crippen LogP contribution in [0, 0.1) is 65.1 Å². The van der Waals surface area contributed by atoms with Gasteiger partial charge in [-0.25, -0.2) is 53.8 Å². The molecule has 3 saturated carbocycles. The van der Waals surface area contributed by atoms with Gasteiger partial charge in [-0.05, 0) is 289 Å². The fraction of sp³-hybridized carbons (Fsp3) is 0.547. The van der Waals surface area contributed by atoms with Crippen LogP contribution in [0.15, 0.2) is 148 Å². The lowest BCUT2D eigenvalue weighted by molar-refractivity contribution is 0.0972. The van der Waals surface area contributed by atoms with Crippen molar-refractivity contribution in [3.63, 3.8) is 0 Å². The van der Waals surface area contributed by atoms with Crippen LogP contribution in [0.25, 0.3) is 5.57 Å². The van der Waals surface area contributed by atoms with E-state index in [1.807, 2.05) is 37.8 Å². The molecule has 12 heterocycles. The van der Waals surface area contributed by atoms with Crippen molar-refractivity contribution in [2.24, 2.45) is 58.2 Å². The number of nitrogen functional groups attached to an aromatic ring is 4. The van der Waals surface area contributed by atoms with Crippen molar-refractivity contribution in [3.8, 4) is 5.88 Å². The minimum atomic E-state index is -4.24. The number of nitrogens with two attached hydrogens (primary N) is 4. The number of amides is 4. The number of fused-ring (bicyclic) bond motifs is 4. The summed E-state index contributed by atoms with van der Waals surface area (Å²) in [6.45, 7) is 54.6. The van der Waals surface area contributed by atoms with Gasteiger partial charge in [0.05, 0.1) is 39.7 Å². The Morgan fingerprint density at radius 2 is 0.826 bits per heavy atom. The Balaban J connectivity index is 0.000000156. The van der Waals surface area contributed by atoms with Crippen molar-refractivity contribution in [2.75, 3.05) is 82.4 Å². The number of aromatic nitrogens is 8. The van der Waals surface area contributed by atoms with Gasteiger partial charge in [-0.3, -0.25) is 19.2 Å². The third-order valence-electron chi connectivity index (χ3n) is 29.4. The highest BCUT2D eigenvalue weighted by atomic mass is 32.2. The van der Waals surface area contributed by atoms with Crippen LogP contribution in [0.1, 0.15) is 299 Å². The molecule has 4 bridgehead atoms. The predicted octanol–water partition coefficient (Wildman–Crippen LogP) is 16.5. The van der Waals surface area contributed by atoms with Gasteiger partial charge >= 0.3 is 0 Å². The molecule has 5 aliphatic carbocycles. The van der Waals surface area contributed by atoms with Crippen LogP contribution < -0.4 is 66.2 Å². The third-order valence-corrected chi connectivity index (χ3v) is 34.3. The van der Waals surface area contributed by atoms with Gasteiger partial charge in [0.25, 0.3) is 63.7 Å². The van der Waals surface area contributed by atoms with E-state index in [0.29, 0.717) is 94.6 Å². The summed E-state index contributed by atoms with van der Waals surface area (Å²) in [4.78, 5) is 96.9. The summed E-state index contributed by atoms with van der Waals surface area (Å²) in [5.41, 5.74) is 28.8. The highest BCUT2D eigenvalue weighted by Gasteiger charge is 2.53. The Morgan fingerprint density at radius 3 is 1.13 bits per heavy atom. The van der Waals surface area contributed by atoms with E-state index in [-0.39, 0.29) is 111 Å². The highest BCUT2D eigenvalue weighted by molar-refractivity contribution is 7.90. The molecule has 4 amide bonds. The number of allylic oxidation sites excluding steroid dienone is 4. The average Bonchev–Trinajstić information content (AvgIpc) is 1.61. The molecule has 34 nitrogen and oxygen atoms in total. The number of sulfonamides is 4. The number of nitrogens with zero attached hydrogens (tertiary/aromatic N) is 12. The van der Waals surface area contributed by atoms with Crippen LogP contribution in [-0.2, 0) is 55.7 Å². The van der Waals surface area contributed by atoms with Gasteiger partial charge in [0, 0.05) is 96.1 Å². The molecule has 0 radical (unpaired) electrons. The van der Waals surface area contributed by atoms with Crippen molar-refractivity contribution >= 4 is 116 Å². The Kier molecular flexibility index (Phi) is 31.3. The largest absolute Gasteiger partial charge is 0.475 e. The number of pyridine rings is 8. The monoisotopic (exact) mass is 2050 g/mol. The number of carbonyl (C=O) groups is 4. The first-order valence-electron chi connectivity index (χ1n) is 49.7. The summed E-state index contributed by atoms with van der Waals surface area (Å²) in [7, 11) is -15.2. The first-order chi connectivity index (χ1) is 66.7. The van der Waals surface area contributed by atoms with E-state index in [0.717, 1.165) is 98.7 Å². The first-order valence-corrected chi connectivity index (χ1v) is 55.6. The number of methoxy groups -OCH3 is 1. The van der Waals surface area contributed by atoms with Crippen molar-refractivity contribution in [3.05, 3.63) is 178 Å². The SMILES string of the molecule is CC(C)Oc1ccc(C(=O)NS(=O)(=O)c2cccc(N)n2)c(N2C[C@@H](C)CC2(C)C)n1.CC12C=CC(CC1)C2(C)C.COCC1CC1c1ccc(C(=O)NS(=O)(=O)c2cccc(N)n2)c(N2C[C@@H](C)CC2(C)C)n1.C[C@@H]1CN(c2nc(C(C)(C)C)c(C3=CC4CCC3C4)cc2C(=O)NS(=O)(=O)c2cccc(N)n2)C(C)(C)C1.Cc1cc(C(=O)NS(=O)(=O)c2cccc(N)n2)c(N2CC(C)CC2(C)C)nc1C(C)(C)C. The van der Waals surface area contributed by atoms with Crippen molar-refractivity contribution in [1.29, 1.82) is 0 Å². The molecule has 7 fully saturated rings. The zero-order valence-electron chi connectivity index (χ0n) is 88.0. The van der Waals surface area contributed by atoms with Crippen molar-refractivity contribution < 1.29 is 62.3 Å². The Bertz CT molecular complexity index is 6780. The van der Waals surface area contributed by atoms with Gasteiger partial charge in [-0.15, -0.1) is 0 Å². The molecule has 10 atom stereocenters. The molecule has 4 saturated heterocycles. The normalized spacial score (nSPS) is 23.4. The molecular formula is C106H148N20O14S4. The van der Waals surface area contributed by atoms with Crippen molar-refractivity contribution in [2.45, 2.75) is 295 Å². The van der Waals surface area contributed by atoms with Gasteiger partial charge < -0.3 is 52.0 Å². The molecule has 8 aromatic heterocycles. The number of hydrogen-bond acceptors (Lipinski definition) is 30. The molecule has 12 N–H and O–H groups in total. The summed E-state index contributed by atoms with van der Waals surface area (Å²) < 4.78 is 122. The van der Waals surface area contributed by atoms with E-state index in [1.54, 1.807) is 25.3 Å². The fourth-order valence-corrected chi connectivity index (χ4v) is 26.1. The number of rotatable bonds is 22. The molecule has 8 aromatic rings. The second-order valence-electron chi connectivity index (χ2n) is 46.4. The molecule has 7 unspecified atom stereocenters. The van der Waals surface area contributed by atoms with E-state index in [4.69, 9.17) is 47.4 Å². The number of hydrogen-bond donors (Lipinski definition) is 8. The Morgan fingerprint density at radius 1 is 0.458 bits per heavy atom. The highest BCUT2D eigenvalue weighted by Crippen LogP contribution is 2.62. The minimum absolute atomic E-state index is 0.0423. The maximum atomic E-state index is 13.8. The third kappa shape index (κ3) is 24.4. The summed E-state index contributed by atoms with van der Waals surface area (Å²) in [6, 6.07) is 27.3. The quantitative estimate of drug-likeness (QED) is 0.0292. The van der Waals surface area contributed by atoms with E-state index in [1.165, 1.54) is 104 Å². The van der Waals surface area contributed by atoms with Crippen LogP contribution in [0.3, 0.4) is 0 Å². The van der Waals surface area contributed by atoms with Gasteiger partial charge in [0.1, 0.15) is 46.5 Å². The summed E-state index contributed by atoms with van der Waals surface area (Å²) in [5.74, 6) is 3.77. The molecule has 780 valence electrons. The zero-order valence-corrected chi connectivity index (χ0v) is 91.3. The van der Waals surface area contributed by atoms with Crippen LogP contribution in [0.4, 0.5) is 46.5 Å². The topological polar surface area (TPSA) is 492 Å². The lowest BCUT2D eigenvalue weighted by Crippen LogP contribution is -2.41. The van der Waals surface area contributed by atoms with Gasteiger partial charge in [0.15, 0.2) is 20.1 Å². The molecular weight excluding hydrogens is 1910 g/mol. The van der Waals surface area contributed by atoms with E-state index in [9.17, 15) is 52.8 Å². The number of anilines is 8. The minimum Gasteiger partial charge on any atom is -0.475 e. The van der Waals surface area contributed by atoms with Crippen LogP contribution >= 0.6 is 0 Å². The summed E-state index contributed by atoms with van der Waals surface area (Å²) in [6.07, 6.45) is 18.1. The lowest BCUT2D eigenvalue weighted by Gasteiger charge is -2.36. The van der Waals surface area contributed by atoms with Crippen LogP contribution in [0.5, 0.6) is 5.88 Å². The maximum absolute atomic E-state index is 13.8. The number of ether oxygens (including phenoxy) is 2. The molecule has 9 aliphatic rings. The van der Waals surface area contributed by atoms with Crippen molar-refractivity contribution in [1.82, 2.24) is 58.8 Å². The second kappa shape index (κ2) is 41.1. The predicted molar refractivity (Wildman–Crippen MR) is 564 cm³/mol. The maximum Gasteiger partial charge on any atom is 0.281 e. The van der Waals surface area contributed by atoms with E-state index >= 15 is 0 Å². The Labute approximate surface area is 851 Å². The number of carbonyl (C=O) groups excluding carboxylic acids is 4. The Hall–Kier alpha value is -11.5. The number of aryl methyl sites for hydroxylation is 1. The van der Waals surface area contributed by atoms with Gasteiger partial charge in [-0.2, -0.15) is 38.7 Å². The molecule has 0 spiro atoms.